The smallest absolute Gasteiger partial charge is 0.214 e. The van der Waals surface area contributed by atoms with E-state index in [2.05, 4.69) is 0 Å². The molecule has 1 aromatic carbocycles. The Labute approximate surface area is 144 Å². The predicted molar refractivity (Wildman–Crippen MR) is 66.2 cm³/mol. The van der Waals surface area contributed by atoms with E-state index in [1.54, 1.807) is 0 Å². The zero-order chi connectivity index (χ0) is 21.9. The van der Waals surface area contributed by atoms with Crippen molar-refractivity contribution in [2.45, 2.75) is 31.2 Å². The average Bonchev–Trinajstić information content (AvgIpc) is 2.42. The summed E-state index contributed by atoms with van der Waals surface area (Å²) in [4.78, 5) is -8.84. The van der Waals surface area contributed by atoms with Crippen molar-refractivity contribution < 1.29 is 64.8 Å². The van der Waals surface area contributed by atoms with Gasteiger partial charge in [-0.2, -0.15) is 39.5 Å². The van der Waals surface area contributed by atoms with Crippen LogP contribution in [0.15, 0.2) is 32.9 Å². The van der Waals surface area contributed by atoms with Crippen LogP contribution >= 0.6 is 0 Å². The summed E-state index contributed by atoms with van der Waals surface area (Å²) in [6, 6.07) is -0.930. The zero-order valence-corrected chi connectivity index (χ0v) is 14.3. The lowest BCUT2D eigenvalue weighted by atomic mass is 10.4. The van der Waals surface area contributed by atoms with E-state index >= 15 is 0 Å². The summed E-state index contributed by atoms with van der Waals surface area (Å²) in [7, 11) is -21.3. The molecule has 0 aromatic heterocycles. The van der Waals surface area contributed by atoms with Gasteiger partial charge in [0.25, 0.3) is 29.5 Å². The summed E-state index contributed by atoms with van der Waals surface area (Å²) in [6.07, 6.45) is 0. The molecular weight excluding hydrogens is 471 g/mol. The topological polar surface area (TPSA) is 102 Å². The lowest BCUT2D eigenvalue weighted by Crippen LogP contribution is -2.32. The molecular formula is C9H3F9O6S3. The minimum atomic E-state index is -7.28. The van der Waals surface area contributed by atoms with Crippen LogP contribution < -0.4 is 0 Å². The van der Waals surface area contributed by atoms with Gasteiger partial charge in [-0.15, -0.1) is 0 Å². The Morgan fingerprint density at radius 2 is 0.778 bits per heavy atom. The van der Waals surface area contributed by atoms with E-state index in [4.69, 9.17) is 0 Å². The number of benzene rings is 1. The molecule has 6 nitrogen and oxygen atoms in total. The fraction of sp³-hybridized carbons (Fsp3) is 0.333. The number of rotatable bonds is 3. The second kappa shape index (κ2) is 6.23. The summed E-state index contributed by atoms with van der Waals surface area (Å²) in [5.74, 6) is 0. The molecule has 0 saturated carbocycles. The number of hydrogen-bond acceptors (Lipinski definition) is 6. The van der Waals surface area contributed by atoms with Gasteiger partial charge in [0.15, 0.2) is 0 Å². The minimum Gasteiger partial charge on any atom is -0.214 e. The highest BCUT2D eigenvalue weighted by atomic mass is 32.2. The first kappa shape index (κ1) is 23.5. The molecule has 0 fully saturated rings. The Hall–Kier alpha value is -1.56. The summed E-state index contributed by atoms with van der Waals surface area (Å²) >= 11 is 0. The molecule has 1 aromatic rings. The van der Waals surface area contributed by atoms with Gasteiger partial charge >= 0.3 is 16.5 Å². The van der Waals surface area contributed by atoms with Gasteiger partial charge in [0.1, 0.15) is 4.90 Å². The molecule has 27 heavy (non-hydrogen) atoms. The van der Waals surface area contributed by atoms with Crippen LogP contribution in [0.5, 0.6) is 0 Å². The highest BCUT2D eigenvalue weighted by Crippen LogP contribution is 2.44. The van der Waals surface area contributed by atoms with E-state index in [9.17, 15) is 64.8 Å². The van der Waals surface area contributed by atoms with Gasteiger partial charge < -0.3 is 0 Å². The molecule has 0 aliphatic rings. The normalized spacial score (nSPS) is 15.0. The van der Waals surface area contributed by atoms with Crippen molar-refractivity contribution in [3.05, 3.63) is 18.2 Å². The first-order valence-electron chi connectivity index (χ1n) is 5.67. The van der Waals surface area contributed by atoms with Gasteiger partial charge in [0.2, 0.25) is 0 Å². The monoisotopic (exact) mass is 474 g/mol. The molecule has 0 atom stereocenters. The van der Waals surface area contributed by atoms with Crippen LogP contribution in [0.4, 0.5) is 39.5 Å². The molecule has 0 saturated heterocycles. The molecule has 0 N–H and O–H groups in total. The third kappa shape index (κ3) is 3.73. The first-order chi connectivity index (χ1) is 11.6. The quantitative estimate of drug-likeness (QED) is 0.625. The number of halogens is 9. The number of hydrogen-bond donors (Lipinski definition) is 0. The van der Waals surface area contributed by atoms with Crippen LogP contribution in [0.1, 0.15) is 0 Å². The summed E-state index contributed by atoms with van der Waals surface area (Å²) in [6.45, 7) is 0. The van der Waals surface area contributed by atoms with Crippen molar-refractivity contribution in [2.24, 2.45) is 0 Å². The van der Waals surface area contributed by atoms with Gasteiger partial charge in [-0.1, -0.05) is 6.07 Å². The standard InChI is InChI=1S/C9H3F9O6S3/c10-7(11,12)25(19,20)4-2-1-3-5(26(21,22)8(13,14)15)6(4)27(23,24)9(16,17)18/h1-3H. The van der Waals surface area contributed by atoms with Crippen molar-refractivity contribution >= 4 is 29.5 Å². The van der Waals surface area contributed by atoms with Crippen molar-refractivity contribution in [2.75, 3.05) is 0 Å². The molecule has 0 aliphatic heterocycles. The Morgan fingerprint density at radius 1 is 0.519 bits per heavy atom. The minimum absolute atomic E-state index is 0.0906. The van der Waals surface area contributed by atoms with Crippen LogP contribution in [0.3, 0.4) is 0 Å². The second-order valence-corrected chi connectivity index (χ2v) is 10.1. The van der Waals surface area contributed by atoms with Gasteiger partial charge in [-0.25, -0.2) is 25.3 Å². The third-order valence-electron chi connectivity index (χ3n) is 2.70. The predicted octanol–water partition coefficient (Wildman–Crippen LogP) is 2.57. The van der Waals surface area contributed by atoms with Crippen molar-refractivity contribution in [3.63, 3.8) is 0 Å². The van der Waals surface area contributed by atoms with Crippen molar-refractivity contribution in [3.8, 4) is 0 Å². The SMILES string of the molecule is O=S(=O)(c1cccc(S(=O)(=O)C(F)(F)F)c1S(=O)(=O)C(F)(F)F)C(F)(F)F. The van der Waals surface area contributed by atoms with E-state index in [0.717, 1.165) is 0 Å². The Bertz CT molecular complexity index is 997. The fourth-order valence-corrected chi connectivity index (χ4v) is 5.55. The largest absolute Gasteiger partial charge is 0.502 e. The van der Waals surface area contributed by atoms with E-state index < -0.39 is 72.9 Å². The van der Waals surface area contributed by atoms with E-state index in [0.29, 0.717) is 0 Å². The highest BCUT2D eigenvalue weighted by Gasteiger charge is 2.58. The van der Waals surface area contributed by atoms with Crippen molar-refractivity contribution in [1.29, 1.82) is 0 Å². The van der Waals surface area contributed by atoms with E-state index in [1.165, 1.54) is 0 Å². The van der Waals surface area contributed by atoms with Crippen LogP contribution in [-0.4, -0.2) is 41.8 Å². The van der Waals surface area contributed by atoms with Crippen LogP contribution in [0, 0.1) is 0 Å². The van der Waals surface area contributed by atoms with Gasteiger partial charge in [-0.05, 0) is 12.1 Å². The highest BCUT2D eigenvalue weighted by molar-refractivity contribution is 7.97. The summed E-state index contributed by atoms with van der Waals surface area (Å²) in [5, 5.41) is 0. The van der Waals surface area contributed by atoms with Gasteiger partial charge in [-0.3, -0.25) is 0 Å². The molecule has 0 heterocycles. The maximum atomic E-state index is 12.7. The van der Waals surface area contributed by atoms with Crippen LogP contribution in [0.25, 0.3) is 0 Å². The molecule has 0 spiro atoms. The summed E-state index contributed by atoms with van der Waals surface area (Å²) in [5.41, 5.74) is -19.5. The Morgan fingerprint density at radius 3 is 1.00 bits per heavy atom. The lowest BCUT2D eigenvalue weighted by molar-refractivity contribution is -0.0465. The second-order valence-electron chi connectivity index (χ2n) is 4.43. The van der Waals surface area contributed by atoms with Crippen LogP contribution in [0.2, 0.25) is 0 Å². The molecule has 0 bridgehead atoms. The molecule has 0 amide bonds. The lowest BCUT2D eigenvalue weighted by Gasteiger charge is -2.18. The zero-order valence-electron chi connectivity index (χ0n) is 11.8. The molecule has 0 radical (unpaired) electrons. The Kier molecular flexibility index (Phi) is 5.41. The van der Waals surface area contributed by atoms with Crippen LogP contribution in [-0.2, 0) is 29.5 Å². The third-order valence-corrected chi connectivity index (χ3v) is 7.61. The number of sulfone groups is 3. The van der Waals surface area contributed by atoms with Crippen molar-refractivity contribution in [1.82, 2.24) is 0 Å². The fourth-order valence-electron chi connectivity index (χ4n) is 1.55. The van der Waals surface area contributed by atoms with Gasteiger partial charge in [0.05, 0.1) is 9.79 Å². The molecule has 156 valence electrons. The maximum Gasteiger partial charge on any atom is 0.502 e. The number of alkyl halides is 9. The molecule has 18 heteroatoms. The molecule has 0 unspecified atom stereocenters. The first-order valence-corrected chi connectivity index (χ1v) is 10.1. The molecule has 1 rings (SSSR count). The maximum absolute atomic E-state index is 12.7. The van der Waals surface area contributed by atoms with Gasteiger partial charge in [0, 0.05) is 0 Å². The average molecular weight is 474 g/mol. The Balaban J connectivity index is 4.31. The van der Waals surface area contributed by atoms with E-state index in [1.807, 2.05) is 0 Å². The summed E-state index contributed by atoms with van der Waals surface area (Å²) < 4.78 is 182. The molecule has 0 aliphatic carbocycles. The van der Waals surface area contributed by atoms with E-state index in [-0.39, 0.29) is 6.07 Å².